The van der Waals surface area contributed by atoms with Gasteiger partial charge in [-0.1, -0.05) is 0 Å². The molecule has 1 rings (SSSR count). The fraction of sp³-hybridized carbons (Fsp3) is 0.900. The monoisotopic (exact) mass is 296 g/mol. The molecule has 18 heavy (non-hydrogen) atoms. The minimum absolute atomic E-state index is 0.0473. The van der Waals surface area contributed by atoms with E-state index in [4.69, 9.17) is 5.11 Å². The Morgan fingerprint density at radius 2 is 1.89 bits per heavy atom. The van der Waals surface area contributed by atoms with Gasteiger partial charge in [-0.3, -0.25) is 4.79 Å². The van der Waals surface area contributed by atoms with Gasteiger partial charge in [0, 0.05) is 32.8 Å². The number of hydrogen-bond acceptors (Lipinski definition) is 5. The fourth-order valence-corrected chi connectivity index (χ4v) is 3.35. The maximum atomic E-state index is 11.8. The summed E-state index contributed by atoms with van der Waals surface area (Å²) in [5, 5.41) is 8.61. The van der Waals surface area contributed by atoms with Gasteiger partial charge < -0.3 is 10.0 Å². The van der Waals surface area contributed by atoms with Gasteiger partial charge in [0.25, 0.3) is 0 Å². The number of thioether (sulfide) groups is 1. The van der Waals surface area contributed by atoms with Crippen LogP contribution < -0.4 is 0 Å². The van der Waals surface area contributed by atoms with Crippen LogP contribution in [-0.4, -0.2) is 79.2 Å². The van der Waals surface area contributed by atoms with Crippen LogP contribution in [0.4, 0.5) is 0 Å². The van der Waals surface area contributed by atoms with Crippen LogP contribution >= 0.6 is 11.8 Å². The van der Waals surface area contributed by atoms with Crippen molar-refractivity contribution < 1.29 is 18.3 Å². The highest BCUT2D eigenvalue weighted by Crippen LogP contribution is 2.09. The highest BCUT2D eigenvalue weighted by Gasteiger charge is 2.25. The van der Waals surface area contributed by atoms with Crippen LogP contribution in [0.25, 0.3) is 0 Å². The molecular formula is C10H20N2O4S2. The van der Waals surface area contributed by atoms with Crippen LogP contribution in [0, 0.1) is 0 Å². The molecule has 0 aliphatic carbocycles. The normalized spacial score (nSPS) is 18.0. The van der Waals surface area contributed by atoms with Crippen molar-refractivity contribution in [2.45, 2.75) is 6.42 Å². The van der Waals surface area contributed by atoms with Crippen molar-refractivity contribution in [2.75, 3.05) is 50.5 Å². The third-order valence-electron chi connectivity index (χ3n) is 2.73. The molecule has 8 heteroatoms. The summed E-state index contributed by atoms with van der Waals surface area (Å²) in [5.41, 5.74) is 0. The summed E-state index contributed by atoms with van der Waals surface area (Å²) in [4.78, 5) is 13.5. The van der Waals surface area contributed by atoms with Crippen LogP contribution in [0.2, 0.25) is 0 Å². The third kappa shape index (κ3) is 5.13. The molecule has 0 aromatic rings. The van der Waals surface area contributed by atoms with Crippen molar-refractivity contribution in [1.82, 2.24) is 9.21 Å². The number of rotatable bonds is 6. The Kier molecular flexibility index (Phi) is 6.40. The number of aliphatic hydroxyl groups excluding tert-OH is 1. The van der Waals surface area contributed by atoms with E-state index in [1.54, 1.807) is 4.90 Å². The Labute approximate surface area is 112 Å². The number of sulfonamides is 1. The second kappa shape index (κ2) is 7.32. The Morgan fingerprint density at radius 3 is 2.39 bits per heavy atom. The van der Waals surface area contributed by atoms with E-state index in [2.05, 4.69) is 0 Å². The van der Waals surface area contributed by atoms with Crippen molar-refractivity contribution in [3.8, 4) is 0 Å². The first kappa shape index (κ1) is 15.7. The van der Waals surface area contributed by atoms with E-state index in [9.17, 15) is 13.2 Å². The predicted molar refractivity (Wildman–Crippen MR) is 72.0 cm³/mol. The van der Waals surface area contributed by atoms with Gasteiger partial charge in [0.1, 0.15) is 0 Å². The van der Waals surface area contributed by atoms with Gasteiger partial charge in [0.05, 0.1) is 12.0 Å². The minimum Gasteiger partial charge on any atom is -0.396 e. The molecule has 6 nitrogen and oxygen atoms in total. The summed E-state index contributed by atoms with van der Waals surface area (Å²) in [6.45, 7) is 1.84. The second-order valence-electron chi connectivity index (χ2n) is 4.17. The van der Waals surface area contributed by atoms with Crippen molar-refractivity contribution in [2.24, 2.45) is 0 Å². The first-order valence-corrected chi connectivity index (χ1v) is 8.87. The molecule has 1 heterocycles. The zero-order chi connectivity index (χ0) is 13.6. The molecule has 1 aliphatic rings. The molecule has 0 aromatic carbocycles. The number of hydrogen-bond donors (Lipinski definition) is 1. The average Bonchev–Trinajstić information content (AvgIpc) is 2.33. The largest absolute Gasteiger partial charge is 0.396 e. The smallest absolute Gasteiger partial charge is 0.232 e. The lowest BCUT2D eigenvalue weighted by Gasteiger charge is -2.33. The van der Waals surface area contributed by atoms with E-state index < -0.39 is 10.0 Å². The average molecular weight is 296 g/mol. The lowest BCUT2D eigenvalue weighted by atomic mass is 10.3. The molecule has 1 fully saturated rings. The molecule has 1 saturated heterocycles. The SMILES string of the molecule is CS(=O)(=O)N1CCN(C(=O)CSCCCO)CC1. The predicted octanol–water partition coefficient (Wildman–Crippen LogP) is -0.794. The second-order valence-corrected chi connectivity index (χ2v) is 7.26. The number of carbonyl (C=O) groups is 1. The summed E-state index contributed by atoms with van der Waals surface area (Å²) in [6, 6.07) is 0. The van der Waals surface area contributed by atoms with E-state index in [0.29, 0.717) is 38.4 Å². The van der Waals surface area contributed by atoms with Gasteiger partial charge in [-0.25, -0.2) is 8.42 Å². The zero-order valence-corrected chi connectivity index (χ0v) is 12.2. The molecule has 0 bridgehead atoms. The number of piperazine rings is 1. The topological polar surface area (TPSA) is 77.9 Å². The summed E-state index contributed by atoms with van der Waals surface area (Å²) in [5.74, 6) is 1.22. The Bertz CT molecular complexity index is 364. The zero-order valence-electron chi connectivity index (χ0n) is 10.5. The maximum Gasteiger partial charge on any atom is 0.232 e. The van der Waals surface area contributed by atoms with Crippen LogP contribution in [0.5, 0.6) is 0 Å². The number of nitrogens with zero attached hydrogens (tertiary/aromatic N) is 2. The van der Waals surface area contributed by atoms with Crippen molar-refractivity contribution in [3.05, 3.63) is 0 Å². The first-order valence-electron chi connectivity index (χ1n) is 5.86. The first-order chi connectivity index (χ1) is 8.45. The summed E-state index contributed by atoms with van der Waals surface area (Å²) < 4.78 is 24.0. The van der Waals surface area contributed by atoms with E-state index in [0.717, 1.165) is 5.75 Å². The molecule has 0 unspecified atom stereocenters. The lowest BCUT2D eigenvalue weighted by molar-refractivity contribution is -0.129. The Morgan fingerprint density at radius 1 is 1.28 bits per heavy atom. The summed E-state index contributed by atoms with van der Waals surface area (Å²) in [6.07, 6.45) is 1.88. The number of amides is 1. The van der Waals surface area contributed by atoms with Crippen molar-refractivity contribution in [3.63, 3.8) is 0 Å². The highest BCUT2D eigenvalue weighted by atomic mass is 32.2. The van der Waals surface area contributed by atoms with Crippen LogP contribution in [0.15, 0.2) is 0 Å². The van der Waals surface area contributed by atoms with Gasteiger partial charge in [-0.05, 0) is 12.2 Å². The highest BCUT2D eigenvalue weighted by molar-refractivity contribution is 7.99. The molecule has 0 atom stereocenters. The molecule has 0 radical (unpaired) electrons. The fourth-order valence-electron chi connectivity index (χ4n) is 1.69. The molecule has 0 spiro atoms. The molecule has 1 N–H and O–H groups in total. The maximum absolute atomic E-state index is 11.8. The molecule has 106 valence electrons. The van der Waals surface area contributed by atoms with Crippen LogP contribution in [0.1, 0.15) is 6.42 Å². The molecular weight excluding hydrogens is 276 g/mol. The van der Waals surface area contributed by atoms with E-state index in [-0.39, 0.29) is 12.5 Å². The third-order valence-corrected chi connectivity index (χ3v) is 5.06. The van der Waals surface area contributed by atoms with Crippen molar-refractivity contribution >= 4 is 27.7 Å². The van der Waals surface area contributed by atoms with E-state index in [1.165, 1.54) is 22.3 Å². The Balaban J connectivity index is 2.28. The van der Waals surface area contributed by atoms with E-state index in [1.807, 2.05) is 0 Å². The number of carbonyl (C=O) groups excluding carboxylic acids is 1. The van der Waals surface area contributed by atoms with Crippen LogP contribution in [-0.2, 0) is 14.8 Å². The Hall–Kier alpha value is -0.310. The van der Waals surface area contributed by atoms with Gasteiger partial charge in [-0.2, -0.15) is 16.1 Å². The molecule has 0 saturated carbocycles. The molecule has 1 amide bonds. The summed E-state index contributed by atoms with van der Waals surface area (Å²) in [7, 11) is -3.14. The van der Waals surface area contributed by atoms with Gasteiger partial charge in [0.15, 0.2) is 0 Å². The quantitative estimate of drug-likeness (QED) is 0.650. The lowest BCUT2D eigenvalue weighted by Crippen LogP contribution is -2.50. The van der Waals surface area contributed by atoms with E-state index >= 15 is 0 Å². The minimum atomic E-state index is -3.14. The van der Waals surface area contributed by atoms with Gasteiger partial charge in [0.2, 0.25) is 15.9 Å². The van der Waals surface area contributed by atoms with Gasteiger partial charge in [-0.15, -0.1) is 0 Å². The molecule has 1 aliphatic heterocycles. The van der Waals surface area contributed by atoms with Crippen LogP contribution in [0.3, 0.4) is 0 Å². The summed E-state index contributed by atoms with van der Waals surface area (Å²) >= 11 is 1.50. The molecule has 0 aromatic heterocycles. The van der Waals surface area contributed by atoms with Crippen molar-refractivity contribution in [1.29, 1.82) is 0 Å². The number of aliphatic hydroxyl groups is 1. The van der Waals surface area contributed by atoms with Gasteiger partial charge >= 0.3 is 0 Å². The standard InChI is InChI=1S/C10H20N2O4S2/c1-18(15,16)12-5-3-11(4-6-12)10(14)9-17-8-2-7-13/h13H,2-9H2,1H3.